The van der Waals surface area contributed by atoms with Crippen LogP contribution in [0, 0.1) is 17.0 Å². The number of rotatable bonds is 8. The SMILES string of the molecule is Cc1ncc([N+](=O)[O-])n1CCOC(=O)CCCc1nc2ccccc2c(=O)[nH]1. The Labute approximate surface area is 159 Å². The third kappa shape index (κ3) is 4.40. The van der Waals surface area contributed by atoms with Gasteiger partial charge in [0.05, 0.1) is 10.9 Å². The summed E-state index contributed by atoms with van der Waals surface area (Å²) in [5.74, 6) is 0.443. The Kier molecular flexibility index (Phi) is 5.78. The Morgan fingerprint density at radius 2 is 2.14 bits per heavy atom. The summed E-state index contributed by atoms with van der Waals surface area (Å²) in [6.07, 6.45) is 2.22. The highest BCUT2D eigenvalue weighted by molar-refractivity contribution is 5.77. The summed E-state index contributed by atoms with van der Waals surface area (Å²) >= 11 is 0. The Balaban J connectivity index is 1.47. The zero-order valence-electron chi connectivity index (χ0n) is 15.3. The summed E-state index contributed by atoms with van der Waals surface area (Å²) in [5.41, 5.74) is 0.404. The first kappa shape index (κ1) is 19.2. The first-order chi connectivity index (χ1) is 13.5. The molecule has 0 atom stereocenters. The van der Waals surface area contributed by atoms with Gasteiger partial charge in [-0.1, -0.05) is 12.1 Å². The molecule has 10 nitrogen and oxygen atoms in total. The highest BCUT2D eigenvalue weighted by atomic mass is 16.6. The van der Waals surface area contributed by atoms with E-state index >= 15 is 0 Å². The van der Waals surface area contributed by atoms with Gasteiger partial charge in [0, 0.05) is 19.8 Å². The maximum atomic E-state index is 12.0. The number of carbonyl (C=O) groups excluding carboxylic acids is 1. The number of hydrogen-bond donors (Lipinski definition) is 1. The van der Waals surface area contributed by atoms with Crippen molar-refractivity contribution in [2.45, 2.75) is 32.7 Å². The number of hydrogen-bond acceptors (Lipinski definition) is 7. The molecule has 0 aliphatic rings. The van der Waals surface area contributed by atoms with Gasteiger partial charge in [0.1, 0.15) is 25.2 Å². The molecule has 146 valence electrons. The van der Waals surface area contributed by atoms with Crippen molar-refractivity contribution in [3.63, 3.8) is 0 Å². The molecule has 1 aromatic carbocycles. The fourth-order valence-electron chi connectivity index (χ4n) is 2.85. The highest BCUT2D eigenvalue weighted by Crippen LogP contribution is 2.13. The number of nitrogens with one attached hydrogen (secondary N) is 1. The number of nitro groups is 1. The van der Waals surface area contributed by atoms with Gasteiger partial charge in [-0.05, 0) is 23.5 Å². The van der Waals surface area contributed by atoms with Crippen molar-refractivity contribution in [2.24, 2.45) is 0 Å². The molecule has 1 N–H and O–H groups in total. The molecule has 0 amide bonds. The van der Waals surface area contributed by atoms with Crippen LogP contribution in [0.15, 0.2) is 35.3 Å². The molecule has 3 rings (SSSR count). The molecule has 3 aromatic rings. The summed E-state index contributed by atoms with van der Waals surface area (Å²) < 4.78 is 6.52. The van der Waals surface area contributed by atoms with Crippen molar-refractivity contribution in [2.75, 3.05) is 6.61 Å². The van der Waals surface area contributed by atoms with Crippen molar-refractivity contribution in [3.05, 3.63) is 62.6 Å². The molecule has 28 heavy (non-hydrogen) atoms. The maximum absolute atomic E-state index is 12.0. The minimum Gasteiger partial charge on any atom is -0.461 e. The van der Waals surface area contributed by atoms with Crippen LogP contribution in [0.2, 0.25) is 0 Å². The molecule has 2 heterocycles. The molecule has 0 bridgehead atoms. The number of H-pyrrole nitrogens is 1. The van der Waals surface area contributed by atoms with Crippen LogP contribution in [0.3, 0.4) is 0 Å². The van der Waals surface area contributed by atoms with Gasteiger partial charge < -0.3 is 19.8 Å². The standard InChI is InChI=1S/C18H19N5O5/c1-12-19-11-16(23(26)27)22(12)9-10-28-17(24)8-4-7-15-20-14-6-3-2-5-13(14)18(25)21-15/h2-3,5-6,11H,4,7-10H2,1H3,(H,20,21,25). The molecule has 10 heteroatoms. The zero-order chi connectivity index (χ0) is 20.1. The van der Waals surface area contributed by atoms with Gasteiger partial charge in [-0.2, -0.15) is 0 Å². The molecule has 0 saturated carbocycles. The van der Waals surface area contributed by atoms with E-state index in [1.165, 1.54) is 10.8 Å². The topological polar surface area (TPSA) is 133 Å². The van der Waals surface area contributed by atoms with Crippen molar-refractivity contribution in [1.29, 1.82) is 0 Å². The average Bonchev–Trinajstić information content (AvgIpc) is 3.03. The van der Waals surface area contributed by atoms with Gasteiger partial charge in [0.25, 0.3) is 5.56 Å². The van der Waals surface area contributed by atoms with Gasteiger partial charge in [-0.3, -0.25) is 9.59 Å². The molecule has 2 aromatic heterocycles. The van der Waals surface area contributed by atoms with Gasteiger partial charge in [-0.15, -0.1) is 0 Å². The Hall–Kier alpha value is -3.56. The minimum atomic E-state index is -0.529. The number of para-hydroxylation sites is 1. The van der Waals surface area contributed by atoms with Gasteiger partial charge in [-0.25, -0.2) is 14.5 Å². The van der Waals surface area contributed by atoms with E-state index in [1.54, 1.807) is 25.1 Å². The van der Waals surface area contributed by atoms with Gasteiger partial charge in [0.2, 0.25) is 0 Å². The summed E-state index contributed by atoms with van der Waals surface area (Å²) in [7, 11) is 0. The molecular formula is C18H19N5O5. The van der Waals surface area contributed by atoms with Crippen molar-refractivity contribution >= 4 is 22.7 Å². The summed E-state index contributed by atoms with van der Waals surface area (Å²) in [4.78, 5) is 45.3. The number of aromatic amines is 1. The van der Waals surface area contributed by atoms with E-state index in [9.17, 15) is 19.7 Å². The predicted octanol–water partition coefficient (Wildman–Crippen LogP) is 1.90. The van der Waals surface area contributed by atoms with Crippen LogP contribution in [0.4, 0.5) is 5.82 Å². The number of aryl methyl sites for hydroxylation is 2. The number of imidazole rings is 1. The third-order valence-corrected chi connectivity index (χ3v) is 4.26. The number of aromatic nitrogens is 4. The van der Waals surface area contributed by atoms with Crippen LogP contribution in [0.5, 0.6) is 0 Å². The second-order valence-corrected chi connectivity index (χ2v) is 6.18. The number of carbonyl (C=O) groups is 1. The molecule has 0 radical (unpaired) electrons. The Bertz CT molecular complexity index is 1070. The number of ether oxygens (including phenoxy) is 1. The molecule has 0 spiro atoms. The minimum absolute atomic E-state index is 0.0158. The first-order valence-corrected chi connectivity index (χ1v) is 8.76. The number of esters is 1. The molecule has 0 aliphatic carbocycles. The smallest absolute Gasteiger partial charge is 0.342 e. The first-order valence-electron chi connectivity index (χ1n) is 8.76. The van der Waals surface area contributed by atoms with Crippen LogP contribution < -0.4 is 5.56 Å². The lowest BCUT2D eigenvalue weighted by Gasteiger charge is -2.06. The van der Waals surface area contributed by atoms with Gasteiger partial charge in [0.15, 0.2) is 5.82 Å². The van der Waals surface area contributed by atoms with Crippen molar-refractivity contribution < 1.29 is 14.5 Å². The van der Waals surface area contributed by atoms with Gasteiger partial charge >= 0.3 is 11.8 Å². The molecule has 0 unspecified atom stereocenters. The zero-order valence-corrected chi connectivity index (χ0v) is 15.3. The predicted molar refractivity (Wildman–Crippen MR) is 99.9 cm³/mol. The Morgan fingerprint density at radius 3 is 2.93 bits per heavy atom. The molecule has 0 saturated heterocycles. The van der Waals surface area contributed by atoms with Crippen LogP contribution in [0.1, 0.15) is 24.5 Å². The Morgan fingerprint density at radius 1 is 1.36 bits per heavy atom. The number of fused-ring (bicyclic) bond motifs is 1. The average molecular weight is 385 g/mol. The monoisotopic (exact) mass is 385 g/mol. The molecule has 0 aliphatic heterocycles. The van der Waals surface area contributed by atoms with E-state index in [4.69, 9.17) is 4.74 Å². The lowest BCUT2D eigenvalue weighted by atomic mass is 10.2. The summed E-state index contributed by atoms with van der Waals surface area (Å²) in [6, 6.07) is 7.05. The van der Waals surface area contributed by atoms with E-state index in [1.807, 2.05) is 6.07 Å². The molecular weight excluding hydrogens is 366 g/mol. The van der Waals surface area contributed by atoms with Crippen LogP contribution in [-0.2, 0) is 22.5 Å². The second kappa shape index (κ2) is 8.42. The van der Waals surface area contributed by atoms with Crippen LogP contribution in [-0.4, -0.2) is 37.0 Å². The largest absolute Gasteiger partial charge is 0.461 e. The maximum Gasteiger partial charge on any atom is 0.342 e. The fraction of sp³-hybridized carbons (Fsp3) is 0.333. The normalized spacial score (nSPS) is 10.9. The van der Waals surface area contributed by atoms with E-state index < -0.39 is 10.9 Å². The van der Waals surface area contributed by atoms with E-state index in [0.29, 0.717) is 35.4 Å². The van der Waals surface area contributed by atoms with Crippen molar-refractivity contribution in [1.82, 2.24) is 19.5 Å². The number of benzene rings is 1. The van der Waals surface area contributed by atoms with E-state index in [0.717, 1.165) is 0 Å². The summed E-state index contributed by atoms with van der Waals surface area (Å²) in [5, 5.41) is 11.4. The number of nitrogens with zero attached hydrogens (tertiary/aromatic N) is 4. The quantitative estimate of drug-likeness (QED) is 0.356. The van der Waals surface area contributed by atoms with Crippen molar-refractivity contribution in [3.8, 4) is 0 Å². The second-order valence-electron chi connectivity index (χ2n) is 6.18. The lowest BCUT2D eigenvalue weighted by molar-refractivity contribution is -0.392. The summed E-state index contributed by atoms with van der Waals surface area (Å²) in [6.45, 7) is 1.82. The van der Waals surface area contributed by atoms with E-state index in [2.05, 4.69) is 15.0 Å². The molecule has 0 fully saturated rings. The lowest BCUT2D eigenvalue weighted by Crippen LogP contribution is -2.14. The van der Waals surface area contributed by atoms with E-state index in [-0.39, 0.29) is 30.9 Å². The fourth-order valence-corrected chi connectivity index (χ4v) is 2.85. The van der Waals surface area contributed by atoms with Crippen LogP contribution >= 0.6 is 0 Å². The third-order valence-electron chi connectivity index (χ3n) is 4.26. The highest BCUT2D eigenvalue weighted by Gasteiger charge is 2.17. The van der Waals surface area contributed by atoms with Crippen LogP contribution in [0.25, 0.3) is 10.9 Å².